The fraction of sp³-hybridized carbons (Fsp3) is 0.190. The van der Waals surface area contributed by atoms with Crippen molar-refractivity contribution in [2.24, 2.45) is 0 Å². The van der Waals surface area contributed by atoms with Crippen LogP contribution in [0.25, 0.3) is 5.69 Å². The summed E-state index contributed by atoms with van der Waals surface area (Å²) in [6.45, 7) is 4.25. The molecule has 7 nitrogen and oxygen atoms in total. The van der Waals surface area contributed by atoms with Crippen molar-refractivity contribution in [2.75, 3.05) is 11.9 Å². The fourth-order valence-corrected chi connectivity index (χ4v) is 2.67. The summed E-state index contributed by atoms with van der Waals surface area (Å²) in [5.41, 5.74) is 1.98. The normalized spacial score (nSPS) is 10.4. The quantitative estimate of drug-likeness (QED) is 0.486. The maximum Gasteiger partial charge on any atom is 0.347 e. The number of nitrogens with zero attached hydrogens (tertiary/aromatic N) is 2. The molecule has 3 aromatic rings. The van der Waals surface area contributed by atoms with Crippen molar-refractivity contribution in [1.29, 1.82) is 0 Å². The van der Waals surface area contributed by atoms with Gasteiger partial charge in [-0.15, -0.1) is 0 Å². The lowest BCUT2D eigenvalue weighted by Gasteiger charge is -2.09. The van der Waals surface area contributed by atoms with E-state index in [9.17, 15) is 14.0 Å². The Labute approximate surface area is 167 Å². The summed E-state index contributed by atoms with van der Waals surface area (Å²) in [6, 6.07) is 12.0. The first-order chi connectivity index (χ1) is 14.0. The molecule has 0 aliphatic rings. The van der Waals surface area contributed by atoms with Crippen molar-refractivity contribution in [3.05, 3.63) is 71.8 Å². The van der Waals surface area contributed by atoms with Crippen molar-refractivity contribution >= 4 is 17.7 Å². The Morgan fingerprint density at radius 3 is 2.66 bits per heavy atom. The first kappa shape index (κ1) is 20.1. The van der Waals surface area contributed by atoms with Crippen LogP contribution in [0.2, 0.25) is 0 Å². The van der Waals surface area contributed by atoms with E-state index in [2.05, 4.69) is 15.7 Å². The number of urea groups is 1. The van der Waals surface area contributed by atoms with Gasteiger partial charge in [0.15, 0.2) is 0 Å². The molecule has 8 heteroatoms. The second-order valence-corrected chi connectivity index (χ2v) is 6.33. The van der Waals surface area contributed by atoms with E-state index in [4.69, 9.17) is 4.74 Å². The zero-order valence-corrected chi connectivity index (χ0v) is 16.1. The highest BCUT2D eigenvalue weighted by molar-refractivity contribution is 5.93. The van der Waals surface area contributed by atoms with Gasteiger partial charge in [-0.25, -0.2) is 18.7 Å². The zero-order valence-electron chi connectivity index (χ0n) is 16.1. The Hall–Kier alpha value is -3.68. The Bertz CT molecular complexity index is 1020. The van der Waals surface area contributed by atoms with Crippen LogP contribution in [-0.2, 0) is 0 Å². The molecule has 2 N–H and O–H groups in total. The number of halogens is 1. The van der Waals surface area contributed by atoms with Crippen LogP contribution in [0.5, 0.6) is 5.75 Å². The molecule has 1 aromatic heterocycles. The smallest absolute Gasteiger partial charge is 0.347 e. The molecule has 0 saturated carbocycles. The second-order valence-electron chi connectivity index (χ2n) is 6.33. The molecule has 0 fully saturated rings. The van der Waals surface area contributed by atoms with Crippen LogP contribution in [0.4, 0.5) is 14.9 Å². The Morgan fingerprint density at radius 2 is 1.93 bits per heavy atom. The summed E-state index contributed by atoms with van der Waals surface area (Å²) < 4.78 is 20.1. The number of nitrogens with one attached hydrogen (secondary N) is 2. The van der Waals surface area contributed by atoms with Crippen LogP contribution in [-0.4, -0.2) is 28.3 Å². The summed E-state index contributed by atoms with van der Waals surface area (Å²) >= 11 is 0. The van der Waals surface area contributed by atoms with E-state index in [1.165, 1.54) is 23.0 Å². The predicted octanol–water partition coefficient (Wildman–Crippen LogP) is 4.07. The number of rotatable bonds is 6. The number of hydrogen-bond donors (Lipinski definition) is 2. The standard InChI is InChI=1S/C21H21FN4O3/c1-3-11-23-21(28)25-16-5-4-6-18(12-16)29-20(27)19-13-24-26(14(19)2)17-9-7-15(22)8-10-17/h4-10,12-13H,3,11H2,1-2H3,(H2,23,25,28). The van der Waals surface area contributed by atoms with Crippen LogP contribution in [0.1, 0.15) is 29.4 Å². The molecule has 2 aromatic carbocycles. The minimum atomic E-state index is -0.580. The first-order valence-electron chi connectivity index (χ1n) is 9.15. The fourth-order valence-electron chi connectivity index (χ4n) is 2.67. The van der Waals surface area contributed by atoms with Crippen molar-refractivity contribution < 1.29 is 18.7 Å². The highest BCUT2D eigenvalue weighted by Gasteiger charge is 2.17. The van der Waals surface area contributed by atoms with Gasteiger partial charge in [-0.05, 0) is 49.7 Å². The van der Waals surface area contributed by atoms with E-state index in [1.807, 2.05) is 6.92 Å². The third kappa shape index (κ3) is 4.98. The van der Waals surface area contributed by atoms with Gasteiger partial charge in [0.1, 0.15) is 17.1 Å². The van der Waals surface area contributed by atoms with Gasteiger partial charge in [0, 0.05) is 18.3 Å². The monoisotopic (exact) mass is 396 g/mol. The number of anilines is 1. The minimum Gasteiger partial charge on any atom is -0.423 e. The molecule has 1 heterocycles. The van der Waals surface area contributed by atoms with E-state index in [1.54, 1.807) is 43.3 Å². The number of esters is 1. The van der Waals surface area contributed by atoms with Gasteiger partial charge in [-0.2, -0.15) is 5.10 Å². The highest BCUT2D eigenvalue weighted by atomic mass is 19.1. The number of hydrogen-bond acceptors (Lipinski definition) is 4. The maximum atomic E-state index is 13.1. The molecule has 0 spiro atoms. The maximum absolute atomic E-state index is 13.1. The Morgan fingerprint density at radius 1 is 1.17 bits per heavy atom. The number of amides is 2. The topological polar surface area (TPSA) is 85.2 Å². The van der Waals surface area contributed by atoms with Crippen LogP contribution >= 0.6 is 0 Å². The minimum absolute atomic E-state index is 0.286. The van der Waals surface area contributed by atoms with Crippen molar-refractivity contribution in [3.8, 4) is 11.4 Å². The molecular weight excluding hydrogens is 375 g/mol. The second kappa shape index (κ2) is 9.01. The number of ether oxygens (including phenoxy) is 1. The molecule has 0 radical (unpaired) electrons. The first-order valence-corrected chi connectivity index (χ1v) is 9.15. The summed E-state index contributed by atoms with van der Waals surface area (Å²) in [6.07, 6.45) is 2.23. The average molecular weight is 396 g/mol. The summed E-state index contributed by atoms with van der Waals surface area (Å²) in [5, 5.41) is 9.58. The van der Waals surface area contributed by atoms with Crippen molar-refractivity contribution in [2.45, 2.75) is 20.3 Å². The molecule has 150 valence electrons. The third-order valence-corrected chi connectivity index (χ3v) is 4.14. The van der Waals surface area contributed by atoms with Gasteiger partial charge >= 0.3 is 12.0 Å². The van der Waals surface area contributed by atoms with Gasteiger partial charge in [0.2, 0.25) is 0 Å². The van der Waals surface area contributed by atoms with E-state index in [0.29, 0.717) is 23.6 Å². The third-order valence-electron chi connectivity index (χ3n) is 4.14. The van der Waals surface area contributed by atoms with Gasteiger partial charge in [-0.3, -0.25) is 0 Å². The molecule has 3 rings (SSSR count). The Balaban J connectivity index is 1.71. The number of carbonyl (C=O) groups is 2. The molecular formula is C21H21FN4O3. The predicted molar refractivity (Wildman–Crippen MR) is 107 cm³/mol. The average Bonchev–Trinajstić information content (AvgIpc) is 3.09. The van der Waals surface area contributed by atoms with Gasteiger partial charge in [0.25, 0.3) is 0 Å². The van der Waals surface area contributed by atoms with Crippen LogP contribution in [0.15, 0.2) is 54.7 Å². The molecule has 0 aliphatic carbocycles. The molecule has 0 unspecified atom stereocenters. The molecule has 29 heavy (non-hydrogen) atoms. The van der Waals surface area contributed by atoms with E-state index in [-0.39, 0.29) is 23.2 Å². The highest BCUT2D eigenvalue weighted by Crippen LogP contribution is 2.20. The molecule has 0 bridgehead atoms. The van der Waals surface area contributed by atoms with E-state index < -0.39 is 5.97 Å². The summed E-state index contributed by atoms with van der Waals surface area (Å²) in [5.74, 6) is -0.643. The van der Waals surface area contributed by atoms with Crippen molar-refractivity contribution in [3.63, 3.8) is 0 Å². The number of carbonyl (C=O) groups excluding carboxylic acids is 2. The van der Waals surface area contributed by atoms with Gasteiger partial charge in [-0.1, -0.05) is 13.0 Å². The SMILES string of the molecule is CCCNC(=O)Nc1cccc(OC(=O)c2cnn(-c3ccc(F)cc3)c2C)c1. The lowest BCUT2D eigenvalue weighted by atomic mass is 10.2. The molecule has 0 aliphatic heterocycles. The summed E-state index contributed by atoms with van der Waals surface area (Å²) in [4.78, 5) is 24.3. The molecule has 0 atom stereocenters. The zero-order chi connectivity index (χ0) is 20.8. The molecule has 0 saturated heterocycles. The van der Waals surface area contributed by atoms with Crippen molar-refractivity contribution in [1.82, 2.24) is 15.1 Å². The Kier molecular flexibility index (Phi) is 6.23. The molecule has 2 amide bonds. The van der Waals surface area contributed by atoms with E-state index >= 15 is 0 Å². The lowest BCUT2D eigenvalue weighted by Crippen LogP contribution is -2.29. The number of benzene rings is 2. The van der Waals surface area contributed by atoms with Gasteiger partial charge < -0.3 is 15.4 Å². The van der Waals surface area contributed by atoms with Crippen LogP contribution in [0, 0.1) is 12.7 Å². The van der Waals surface area contributed by atoms with Crippen LogP contribution in [0.3, 0.4) is 0 Å². The summed E-state index contributed by atoms with van der Waals surface area (Å²) in [7, 11) is 0. The van der Waals surface area contributed by atoms with E-state index in [0.717, 1.165) is 6.42 Å². The lowest BCUT2D eigenvalue weighted by molar-refractivity contribution is 0.0734. The van der Waals surface area contributed by atoms with Gasteiger partial charge in [0.05, 0.1) is 17.6 Å². The largest absolute Gasteiger partial charge is 0.423 e. The number of aromatic nitrogens is 2. The van der Waals surface area contributed by atoms with Crippen LogP contribution < -0.4 is 15.4 Å².